The summed E-state index contributed by atoms with van der Waals surface area (Å²) in [6, 6.07) is 7.01. The highest BCUT2D eigenvalue weighted by molar-refractivity contribution is 6.06. The molecule has 2 aliphatic rings. The van der Waals surface area contributed by atoms with E-state index >= 15 is 0 Å². The molecule has 1 atom stereocenters. The van der Waals surface area contributed by atoms with Crippen LogP contribution in [0.1, 0.15) is 103 Å². The van der Waals surface area contributed by atoms with Gasteiger partial charge < -0.3 is 19.1 Å². The van der Waals surface area contributed by atoms with Crippen molar-refractivity contribution in [3.05, 3.63) is 41.6 Å². The number of amides is 3. The van der Waals surface area contributed by atoms with Crippen molar-refractivity contribution < 1.29 is 28.6 Å². The van der Waals surface area contributed by atoms with Crippen molar-refractivity contribution in [2.45, 2.75) is 111 Å². The Morgan fingerprint density at radius 3 is 2.39 bits per heavy atom. The monoisotopic (exact) mass is 637 g/mol. The first kappa shape index (κ1) is 35.0. The summed E-state index contributed by atoms with van der Waals surface area (Å²) < 4.78 is 17.0. The van der Waals surface area contributed by atoms with Crippen LogP contribution < -0.4 is 14.5 Å². The number of anilines is 2. The molecule has 1 aromatic heterocycles. The number of unbranched alkanes of at least 4 members (excludes halogenated alkanes) is 1. The van der Waals surface area contributed by atoms with Crippen LogP contribution in [0.25, 0.3) is 0 Å². The van der Waals surface area contributed by atoms with Gasteiger partial charge in [-0.1, -0.05) is 19.8 Å². The van der Waals surface area contributed by atoms with E-state index < -0.39 is 17.3 Å². The van der Waals surface area contributed by atoms with Crippen LogP contribution in [-0.4, -0.2) is 76.4 Å². The fourth-order valence-corrected chi connectivity index (χ4v) is 5.64. The molecule has 11 nitrogen and oxygen atoms in total. The molecule has 2 aliphatic heterocycles. The molecule has 0 saturated carbocycles. The lowest BCUT2D eigenvalue weighted by atomic mass is 9.96. The Labute approximate surface area is 273 Å². The first-order valence-electron chi connectivity index (χ1n) is 16.6. The van der Waals surface area contributed by atoms with Crippen LogP contribution in [0, 0.1) is 5.92 Å². The second kappa shape index (κ2) is 14.7. The van der Waals surface area contributed by atoms with Crippen molar-refractivity contribution in [3.8, 4) is 5.75 Å². The van der Waals surface area contributed by atoms with E-state index in [0.29, 0.717) is 50.5 Å². The number of piperidine rings is 1. The molecule has 0 spiro atoms. The zero-order valence-electron chi connectivity index (χ0n) is 28.8. The van der Waals surface area contributed by atoms with E-state index in [1.54, 1.807) is 28.1 Å². The van der Waals surface area contributed by atoms with Crippen LogP contribution in [-0.2, 0) is 15.9 Å². The molecule has 11 heteroatoms. The summed E-state index contributed by atoms with van der Waals surface area (Å²) in [6.45, 7) is 17.2. The Hall–Kier alpha value is -3.89. The van der Waals surface area contributed by atoms with Crippen LogP contribution in [0.2, 0.25) is 0 Å². The lowest BCUT2D eigenvalue weighted by molar-refractivity contribution is 0.0185. The second-order valence-electron chi connectivity index (χ2n) is 14.3. The van der Waals surface area contributed by atoms with Crippen molar-refractivity contribution >= 4 is 29.9 Å². The van der Waals surface area contributed by atoms with Gasteiger partial charge in [0.15, 0.2) is 0 Å². The van der Waals surface area contributed by atoms with Crippen LogP contribution >= 0.6 is 0 Å². The number of likely N-dealkylation sites (tertiary alicyclic amines) is 1. The van der Waals surface area contributed by atoms with E-state index in [2.05, 4.69) is 11.9 Å². The molecule has 252 valence electrons. The van der Waals surface area contributed by atoms with Gasteiger partial charge in [-0.05, 0) is 103 Å². The van der Waals surface area contributed by atoms with Crippen molar-refractivity contribution in [1.82, 2.24) is 14.9 Å². The molecule has 1 saturated heterocycles. The Bertz CT molecular complexity index is 1380. The normalized spacial score (nSPS) is 15.9. The van der Waals surface area contributed by atoms with Crippen molar-refractivity contribution in [1.29, 1.82) is 0 Å². The molecule has 0 aliphatic carbocycles. The number of rotatable bonds is 9. The average Bonchev–Trinajstić information content (AvgIpc) is 3.45. The number of benzene rings is 1. The Balaban J connectivity index is 1.64. The second-order valence-corrected chi connectivity index (χ2v) is 14.3. The molecule has 46 heavy (non-hydrogen) atoms. The molecular formula is C35H51N5O6. The predicted octanol–water partition coefficient (Wildman–Crippen LogP) is 7.03. The van der Waals surface area contributed by atoms with Crippen molar-refractivity contribution in [2.24, 2.45) is 5.92 Å². The van der Waals surface area contributed by atoms with Gasteiger partial charge in [0.2, 0.25) is 5.95 Å². The number of nitrogens with zero attached hydrogens (tertiary/aromatic N) is 5. The smallest absolute Gasteiger partial charge is 0.417 e. The number of carbonyl (C=O) groups excluding carboxylic acids is 3. The summed E-state index contributed by atoms with van der Waals surface area (Å²) in [6.07, 6.45) is 5.55. The van der Waals surface area contributed by atoms with Crippen LogP contribution in [0.3, 0.4) is 0 Å². The maximum absolute atomic E-state index is 14.3. The summed E-state index contributed by atoms with van der Waals surface area (Å²) in [5.41, 5.74) is 0.270. The number of carbonyl (C=O) groups is 3. The maximum atomic E-state index is 14.3. The summed E-state index contributed by atoms with van der Waals surface area (Å²) in [5, 5.41) is 0. The van der Waals surface area contributed by atoms with Gasteiger partial charge in [0.05, 0.1) is 6.61 Å². The van der Waals surface area contributed by atoms with Crippen LogP contribution in [0.4, 0.5) is 21.4 Å². The topological polar surface area (TPSA) is 114 Å². The van der Waals surface area contributed by atoms with Gasteiger partial charge in [0, 0.05) is 43.9 Å². The zero-order valence-corrected chi connectivity index (χ0v) is 28.8. The van der Waals surface area contributed by atoms with E-state index in [1.807, 2.05) is 60.6 Å². The van der Waals surface area contributed by atoms with E-state index in [-0.39, 0.29) is 29.9 Å². The molecular weight excluding hydrogens is 586 g/mol. The zero-order chi connectivity index (χ0) is 33.6. The Kier molecular flexibility index (Phi) is 11.2. The highest BCUT2D eigenvalue weighted by atomic mass is 16.6. The minimum atomic E-state index is -0.703. The highest BCUT2D eigenvalue weighted by Gasteiger charge is 2.33. The van der Waals surface area contributed by atoms with Gasteiger partial charge in [0.25, 0.3) is 5.91 Å². The van der Waals surface area contributed by atoms with Crippen molar-refractivity contribution in [2.75, 3.05) is 36.0 Å². The van der Waals surface area contributed by atoms with E-state index in [4.69, 9.17) is 19.2 Å². The molecule has 1 fully saturated rings. The first-order chi connectivity index (χ1) is 21.6. The number of fused-ring (bicyclic) bond motifs is 1. The minimum Gasteiger partial charge on any atom is -0.493 e. The Morgan fingerprint density at radius 2 is 1.74 bits per heavy atom. The van der Waals surface area contributed by atoms with Gasteiger partial charge in [-0.25, -0.2) is 19.5 Å². The van der Waals surface area contributed by atoms with Gasteiger partial charge in [-0.2, -0.15) is 4.98 Å². The third-order valence-corrected chi connectivity index (χ3v) is 8.02. The molecule has 1 unspecified atom stereocenters. The van der Waals surface area contributed by atoms with Crippen LogP contribution in [0.5, 0.6) is 5.75 Å². The number of hydrogen-bond acceptors (Lipinski definition) is 8. The number of hydrogen-bond donors (Lipinski definition) is 0. The van der Waals surface area contributed by atoms with Gasteiger partial charge in [0.1, 0.15) is 22.8 Å². The lowest BCUT2D eigenvalue weighted by Crippen LogP contribution is -2.45. The summed E-state index contributed by atoms with van der Waals surface area (Å²) >= 11 is 0. The first-order valence-corrected chi connectivity index (χ1v) is 16.6. The number of aromatic nitrogens is 2. The fraction of sp³-hybridized carbons (Fsp3) is 0.629. The minimum absolute atomic E-state index is 0.115. The van der Waals surface area contributed by atoms with Gasteiger partial charge in [-0.3, -0.25) is 9.69 Å². The van der Waals surface area contributed by atoms with E-state index in [1.165, 1.54) is 4.90 Å². The molecule has 1 aromatic carbocycles. The Morgan fingerprint density at radius 1 is 1.04 bits per heavy atom. The quantitative estimate of drug-likeness (QED) is 0.288. The molecule has 4 rings (SSSR count). The largest absolute Gasteiger partial charge is 0.493 e. The van der Waals surface area contributed by atoms with Crippen molar-refractivity contribution in [3.63, 3.8) is 0 Å². The van der Waals surface area contributed by atoms with Crippen LogP contribution in [0.15, 0.2) is 30.5 Å². The van der Waals surface area contributed by atoms with Gasteiger partial charge in [-0.15, -0.1) is 0 Å². The van der Waals surface area contributed by atoms with Gasteiger partial charge >= 0.3 is 12.2 Å². The molecule has 2 aromatic rings. The molecule has 0 radical (unpaired) electrons. The molecule has 3 amide bonds. The molecule has 3 heterocycles. The lowest BCUT2D eigenvalue weighted by Gasteiger charge is -2.35. The predicted molar refractivity (Wildman–Crippen MR) is 178 cm³/mol. The van der Waals surface area contributed by atoms with E-state index in [9.17, 15) is 14.4 Å². The molecule has 0 N–H and O–H groups in total. The number of ether oxygens (including phenoxy) is 3. The summed E-state index contributed by atoms with van der Waals surface area (Å²) in [7, 11) is 0. The maximum Gasteiger partial charge on any atom is 0.417 e. The average molecular weight is 638 g/mol. The molecule has 0 bridgehead atoms. The fourth-order valence-electron chi connectivity index (χ4n) is 5.64. The third-order valence-electron chi connectivity index (χ3n) is 8.02. The highest BCUT2D eigenvalue weighted by Crippen LogP contribution is 2.30. The standard InChI is InChI=1S/C35H51N5O6/c1-9-10-11-24(2)40(33(43)46-35(6,7)8)31-36-18-14-29(37-31)39(30(41)27-12-13-28-26(22-27)17-21-44-28)23-25-15-19-38(20-16-25)32(42)45-34(3,4)5/h12-14,18,22,24-25H,9-11,15-17,19-21,23H2,1-8H3. The van der Waals surface area contributed by atoms with E-state index in [0.717, 1.165) is 37.0 Å². The SMILES string of the molecule is CCCCC(C)N(C(=O)OC(C)(C)C)c1nccc(N(CC2CCN(C(=O)OC(C)(C)C)CC2)C(=O)c2ccc3c(c2)CCO3)n1. The summed E-state index contributed by atoms with van der Waals surface area (Å²) in [5.74, 6) is 1.31. The summed E-state index contributed by atoms with van der Waals surface area (Å²) in [4.78, 5) is 54.7. The third kappa shape index (κ3) is 9.33.